The van der Waals surface area contributed by atoms with Crippen LogP contribution in [0.1, 0.15) is 30.1 Å². The van der Waals surface area contributed by atoms with Crippen LogP contribution in [0.3, 0.4) is 0 Å². The van der Waals surface area contributed by atoms with Crippen LogP contribution in [0.4, 0.5) is 0 Å². The molecule has 0 atom stereocenters. The van der Waals surface area contributed by atoms with Gasteiger partial charge in [-0.05, 0) is 36.5 Å². The predicted octanol–water partition coefficient (Wildman–Crippen LogP) is 2.00. The zero-order valence-corrected chi connectivity index (χ0v) is 11.4. The topological polar surface area (TPSA) is 66.5 Å². The second kappa shape index (κ2) is 5.16. The molecule has 2 N–H and O–H groups in total. The third-order valence-electron chi connectivity index (χ3n) is 3.42. The van der Waals surface area contributed by atoms with E-state index in [2.05, 4.69) is 66.1 Å². The number of benzene rings is 1. The molecule has 1 aliphatic carbocycles. The summed E-state index contributed by atoms with van der Waals surface area (Å²) in [4.78, 5) is 0. The number of aromatic amines is 1. The average molecular weight is 308 g/mol. The Labute approximate surface area is 113 Å². The van der Waals surface area contributed by atoms with Crippen LogP contribution in [0.25, 0.3) is 0 Å². The van der Waals surface area contributed by atoms with Crippen LogP contribution in [0.2, 0.25) is 0 Å². The van der Waals surface area contributed by atoms with Crippen LogP contribution in [0.15, 0.2) is 28.7 Å². The Hall–Kier alpha value is -1.27. The third kappa shape index (κ3) is 2.59. The van der Waals surface area contributed by atoms with Crippen LogP contribution in [-0.4, -0.2) is 26.7 Å². The van der Waals surface area contributed by atoms with Crippen LogP contribution < -0.4 is 5.32 Å². The van der Waals surface area contributed by atoms with Gasteiger partial charge in [-0.3, -0.25) is 0 Å². The standard InChI is InChI=1S/C12H14BrN5/c13-10-3-1-8(2-4-10)9-5-11(6-9)14-7-12-15-17-18-16-12/h1-4,9,11,14H,5-7H2,(H,15,16,17,18). The van der Waals surface area contributed by atoms with E-state index in [4.69, 9.17) is 0 Å². The van der Waals surface area contributed by atoms with Gasteiger partial charge in [-0.2, -0.15) is 5.21 Å². The van der Waals surface area contributed by atoms with Gasteiger partial charge in [0, 0.05) is 10.5 Å². The molecular formula is C12H14BrN5. The first-order valence-electron chi connectivity index (χ1n) is 6.02. The third-order valence-corrected chi connectivity index (χ3v) is 3.95. The summed E-state index contributed by atoms with van der Waals surface area (Å²) in [5.74, 6) is 1.41. The van der Waals surface area contributed by atoms with Gasteiger partial charge < -0.3 is 5.32 Å². The van der Waals surface area contributed by atoms with Gasteiger partial charge in [0.15, 0.2) is 5.82 Å². The lowest BCUT2D eigenvalue weighted by atomic mass is 9.76. The Morgan fingerprint density at radius 3 is 2.72 bits per heavy atom. The number of nitrogens with zero attached hydrogens (tertiary/aromatic N) is 3. The molecule has 6 heteroatoms. The number of nitrogens with one attached hydrogen (secondary N) is 2. The number of aromatic nitrogens is 4. The first kappa shape index (κ1) is 11.8. The molecule has 18 heavy (non-hydrogen) atoms. The van der Waals surface area contributed by atoms with E-state index in [0.717, 1.165) is 10.3 Å². The maximum absolute atomic E-state index is 3.92. The Kier molecular flexibility index (Phi) is 3.38. The predicted molar refractivity (Wildman–Crippen MR) is 70.9 cm³/mol. The van der Waals surface area contributed by atoms with E-state index in [1.807, 2.05) is 0 Å². The minimum atomic E-state index is 0.567. The lowest BCUT2D eigenvalue weighted by molar-refractivity contribution is 0.287. The molecule has 1 aromatic carbocycles. The minimum Gasteiger partial charge on any atom is -0.307 e. The molecule has 0 bridgehead atoms. The van der Waals surface area contributed by atoms with Crippen LogP contribution in [-0.2, 0) is 6.54 Å². The summed E-state index contributed by atoms with van der Waals surface area (Å²) >= 11 is 3.46. The summed E-state index contributed by atoms with van der Waals surface area (Å²) in [7, 11) is 0. The highest BCUT2D eigenvalue weighted by atomic mass is 79.9. The molecule has 0 unspecified atom stereocenters. The van der Waals surface area contributed by atoms with Crippen molar-refractivity contribution >= 4 is 15.9 Å². The average Bonchev–Trinajstić information content (AvgIpc) is 2.82. The molecule has 3 rings (SSSR count). The zero-order chi connectivity index (χ0) is 12.4. The van der Waals surface area contributed by atoms with Gasteiger partial charge in [0.2, 0.25) is 0 Å². The van der Waals surface area contributed by atoms with Crippen LogP contribution in [0, 0.1) is 0 Å². The molecule has 0 aliphatic heterocycles. The van der Waals surface area contributed by atoms with Crippen LogP contribution in [0.5, 0.6) is 0 Å². The highest BCUT2D eigenvalue weighted by Crippen LogP contribution is 2.37. The maximum atomic E-state index is 3.92. The molecule has 94 valence electrons. The smallest absolute Gasteiger partial charge is 0.188 e. The number of hydrogen-bond donors (Lipinski definition) is 2. The van der Waals surface area contributed by atoms with Crippen molar-refractivity contribution in [1.82, 2.24) is 25.9 Å². The van der Waals surface area contributed by atoms with E-state index >= 15 is 0 Å². The molecule has 5 nitrogen and oxygen atoms in total. The molecular weight excluding hydrogens is 294 g/mol. The van der Waals surface area contributed by atoms with E-state index in [-0.39, 0.29) is 0 Å². The summed E-state index contributed by atoms with van der Waals surface area (Å²) in [5.41, 5.74) is 1.43. The largest absolute Gasteiger partial charge is 0.307 e. The summed E-state index contributed by atoms with van der Waals surface area (Å²) in [5, 5.41) is 17.3. The number of tetrazole rings is 1. The quantitative estimate of drug-likeness (QED) is 0.906. The molecule has 0 spiro atoms. The molecule has 1 heterocycles. The molecule has 0 saturated heterocycles. The number of rotatable bonds is 4. The number of hydrogen-bond acceptors (Lipinski definition) is 4. The van der Waals surface area contributed by atoms with Crippen molar-refractivity contribution in [2.45, 2.75) is 31.3 Å². The van der Waals surface area contributed by atoms with Crippen LogP contribution >= 0.6 is 15.9 Å². The van der Waals surface area contributed by atoms with E-state index < -0.39 is 0 Å². The summed E-state index contributed by atoms with van der Waals surface area (Å²) < 4.78 is 1.14. The molecule has 1 saturated carbocycles. The molecule has 1 fully saturated rings. The van der Waals surface area contributed by atoms with Crippen molar-refractivity contribution in [2.75, 3.05) is 0 Å². The van der Waals surface area contributed by atoms with Gasteiger partial charge in [0.1, 0.15) is 0 Å². The fourth-order valence-corrected chi connectivity index (χ4v) is 2.55. The zero-order valence-electron chi connectivity index (χ0n) is 9.81. The molecule has 0 amide bonds. The fourth-order valence-electron chi connectivity index (χ4n) is 2.28. The number of halogens is 1. The lowest BCUT2D eigenvalue weighted by Gasteiger charge is -2.36. The Morgan fingerprint density at radius 1 is 1.28 bits per heavy atom. The highest BCUT2D eigenvalue weighted by Gasteiger charge is 2.29. The second-order valence-electron chi connectivity index (χ2n) is 4.63. The van der Waals surface area contributed by atoms with Crippen molar-refractivity contribution in [2.24, 2.45) is 0 Å². The molecule has 1 aliphatic rings. The molecule has 0 radical (unpaired) electrons. The normalized spacial score (nSPS) is 22.7. The van der Waals surface area contributed by atoms with E-state index in [1.165, 1.54) is 18.4 Å². The summed E-state index contributed by atoms with van der Waals surface area (Å²) in [6, 6.07) is 9.18. The van der Waals surface area contributed by atoms with E-state index in [1.54, 1.807) is 0 Å². The van der Waals surface area contributed by atoms with Gasteiger partial charge in [-0.1, -0.05) is 33.3 Å². The summed E-state index contributed by atoms with van der Waals surface area (Å²) in [6.45, 7) is 0.689. The van der Waals surface area contributed by atoms with Gasteiger partial charge in [-0.25, -0.2) is 0 Å². The van der Waals surface area contributed by atoms with Crippen molar-refractivity contribution in [1.29, 1.82) is 0 Å². The van der Waals surface area contributed by atoms with Crippen molar-refractivity contribution < 1.29 is 0 Å². The monoisotopic (exact) mass is 307 g/mol. The Morgan fingerprint density at radius 2 is 2.06 bits per heavy atom. The van der Waals surface area contributed by atoms with E-state index in [0.29, 0.717) is 18.5 Å². The minimum absolute atomic E-state index is 0.567. The van der Waals surface area contributed by atoms with Gasteiger partial charge in [0.25, 0.3) is 0 Å². The van der Waals surface area contributed by atoms with E-state index in [9.17, 15) is 0 Å². The SMILES string of the molecule is Brc1ccc(C2CC(NCc3nn[nH]n3)C2)cc1. The molecule has 2 aromatic rings. The van der Waals surface area contributed by atoms with Crippen molar-refractivity contribution in [3.8, 4) is 0 Å². The fraction of sp³-hybridized carbons (Fsp3) is 0.417. The second-order valence-corrected chi connectivity index (χ2v) is 5.54. The molecule has 1 aromatic heterocycles. The lowest BCUT2D eigenvalue weighted by Crippen LogP contribution is -2.39. The van der Waals surface area contributed by atoms with Gasteiger partial charge >= 0.3 is 0 Å². The maximum Gasteiger partial charge on any atom is 0.188 e. The Balaban J connectivity index is 1.47. The summed E-state index contributed by atoms with van der Waals surface area (Å²) in [6.07, 6.45) is 2.36. The first-order chi connectivity index (χ1) is 8.81. The van der Waals surface area contributed by atoms with Gasteiger partial charge in [-0.15, -0.1) is 10.2 Å². The highest BCUT2D eigenvalue weighted by molar-refractivity contribution is 9.10. The van der Waals surface area contributed by atoms with Crippen molar-refractivity contribution in [3.05, 3.63) is 40.1 Å². The first-order valence-corrected chi connectivity index (χ1v) is 6.82. The van der Waals surface area contributed by atoms with Crippen molar-refractivity contribution in [3.63, 3.8) is 0 Å². The van der Waals surface area contributed by atoms with Gasteiger partial charge in [0.05, 0.1) is 6.54 Å². The number of H-pyrrole nitrogens is 1. The Bertz CT molecular complexity index is 490.